The lowest BCUT2D eigenvalue weighted by Crippen LogP contribution is -2.09. The Morgan fingerprint density at radius 3 is 2.43 bits per heavy atom. The van der Waals surface area contributed by atoms with Gasteiger partial charge in [-0.25, -0.2) is 18.2 Å². The molecule has 2 aromatic carbocycles. The number of hydrogen-bond donors (Lipinski definition) is 1. The Morgan fingerprint density at radius 1 is 1.10 bits per heavy atom. The van der Waals surface area contributed by atoms with E-state index in [0.29, 0.717) is 17.1 Å². The molecule has 2 nitrogen and oxygen atoms in total. The fraction of sp³-hybridized carbons (Fsp3) is 0.133. The second-order valence-electron chi connectivity index (χ2n) is 4.63. The molecule has 0 bridgehead atoms. The zero-order chi connectivity index (χ0) is 15.0. The van der Waals surface area contributed by atoms with Gasteiger partial charge in [-0.2, -0.15) is 0 Å². The fourth-order valence-corrected chi connectivity index (χ4v) is 3.00. The number of fused-ring (bicyclic) bond motifs is 1. The molecule has 108 valence electrons. The number of thiazole rings is 1. The summed E-state index contributed by atoms with van der Waals surface area (Å²) in [6.07, 6.45) is 0. The smallest absolute Gasteiger partial charge is 0.152 e. The Bertz CT molecular complexity index is 744. The number of nitrogens with zero attached hydrogens (tertiary/aromatic N) is 1. The standard InChI is InChI=1S/C15H11F3N2S/c1-8(15-20-12-4-2-3-5-13(12)21-15)19-14-10(17)6-9(16)7-11(14)18/h2-8,19H,1H3. The van der Waals surface area contributed by atoms with Gasteiger partial charge in [0, 0.05) is 12.1 Å². The lowest BCUT2D eigenvalue weighted by Gasteiger charge is -2.14. The lowest BCUT2D eigenvalue weighted by molar-refractivity contribution is 0.545. The minimum absolute atomic E-state index is 0.344. The molecule has 1 heterocycles. The van der Waals surface area contributed by atoms with Gasteiger partial charge in [0.2, 0.25) is 0 Å². The van der Waals surface area contributed by atoms with Gasteiger partial charge in [0.1, 0.15) is 16.5 Å². The molecule has 3 rings (SSSR count). The predicted molar refractivity (Wildman–Crippen MR) is 78.0 cm³/mol. The van der Waals surface area contributed by atoms with Crippen LogP contribution in [0.25, 0.3) is 10.2 Å². The molecular formula is C15H11F3N2S. The second kappa shape index (κ2) is 5.37. The van der Waals surface area contributed by atoms with Gasteiger partial charge in [-0.3, -0.25) is 0 Å². The minimum atomic E-state index is -0.958. The minimum Gasteiger partial charge on any atom is -0.371 e. The van der Waals surface area contributed by atoms with Gasteiger partial charge in [-0.05, 0) is 19.1 Å². The van der Waals surface area contributed by atoms with E-state index in [9.17, 15) is 13.2 Å². The molecule has 0 spiro atoms. The van der Waals surface area contributed by atoms with Crippen molar-refractivity contribution in [2.24, 2.45) is 0 Å². The first-order chi connectivity index (χ1) is 10.0. The molecule has 0 radical (unpaired) electrons. The predicted octanol–water partition coefficient (Wildman–Crippen LogP) is 4.89. The van der Waals surface area contributed by atoms with Crippen LogP contribution < -0.4 is 5.32 Å². The molecule has 0 amide bonds. The molecule has 1 N–H and O–H groups in total. The molecule has 0 fully saturated rings. The molecule has 1 atom stereocenters. The van der Waals surface area contributed by atoms with E-state index in [1.54, 1.807) is 6.92 Å². The highest BCUT2D eigenvalue weighted by Crippen LogP contribution is 2.30. The summed E-state index contributed by atoms with van der Waals surface area (Å²) in [5.41, 5.74) is 0.495. The first-order valence-corrected chi connectivity index (χ1v) is 7.13. The largest absolute Gasteiger partial charge is 0.371 e. The van der Waals surface area contributed by atoms with Crippen LogP contribution >= 0.6 is 11.3 Å². The Hall–Kier alpha value is -2.08. The summed E-state index contributed by atoms with van der Waals surface area (Å²) in [5, 5.41) is 3.42. The number of para-hydroxylation sites is 1. The van der Waals surface area contributed by atoms with E-state index in [-0.39, 0.29) is 5.69 Å². The number of anilines is 1. The summed E-state index contributed by atoms with van der Waals surface area (Å²) in [6, 6.07) is 8.50. The van der Waals surface area contributed by atoms with Gasteiger partial charge in [-0.1, -0.05) is 12.1 Å². The quantitative estimate of drug-likeness (QED) is 0.745. The van der Waals surface area contributed by atoms with E-state index in [2.05, 4.69) is 10.3 Å². The normalized spacial score (nSPS) is 12.6. The highest BCUT2D eigenvalue weighted by Gasteiger charge is 2.17. The van der Waals surface area contributed by atoms with E-state index < -0.39 is 23.5 Å². The molecule has 6 heteroatoms. The van der Waals surface area contributed by atoms with Crippen molar-refractivity contribution in [3.05, 3.63) is 58.9 Å². The van der Waals surface area contributed by atoms with Crippen LogP contribution in [0, 0.1) is 17.5 Å². The van der Waals surface area contributed by atoms with Crippen LogP contribution in [0.4, 0.5) is 18.9 Å². The molecule has 0 aliphatic carbocycles. The molecule has 21 heavy (non-hydrogen) atoms. The van der Waals surface area contributed by atoms with Crippen LogP contribution in [0.1, 0.15) is 18.0 Å². The third-order valence-corrected chi connectivity index (χ3v) is 4.27. The first-order valence-electron chi connectivity index (χ1n) is 6.31. The number of nitrogens with one attached hydrogen (secondary N) is 1. The number of hydrogen-bond acceptors (Lipinski definition) is 3. The fourth-order valence-electron chi connectivity index (χ4n) is 2.03. The molecule has 0 saturated heterocycles. The molecule has 0 aliphatic heterocycles. The molecule has 1 aromatic heterocycles. The zero-order valence-corrected chi connectivity index (χ0v) is 11.8. The van der Waals surface area contributed by atoms with E-state index in [1.807, 2.05) is 24.3 Å². The molecule has 0 saturated carbocycles. The summed E-state index contributed by atoms with van der Waals surface area (Å²) >= 11 is 1.45. The Morgan fingerprint density at radius 2 is 1.76 bits per heavy atom. The summed E-state index contributed by atoms with van der Waals surface area (Å²) in [6.45, 7) is 1.75. The summed E-state index contributed by atoms with van der Waals surface area (Å²) in [4.78, 5) is 4.42. The van der Waals surface area contributed by atoms with Gasteiger partial charge in [0.15, 0.2) is 11.6 Å². The van der Waals surface area contributed by atoms with Crippen LogP contribution in [0.3, 0.4) is 0 Å². The highest BCUT2D eigenvalue weighted by molar-refractivity contribution is 7.18. The molecular weight excluding hydrogens is 297 g/mol. The number of benzene rings is 2. The lowest BCUT2D eigenvalue weighted by atomic mass is 10.2. The van der Waals surface area contributed by atoms with E-state index in [1.165, 1.54) is 11.3 Å². The van der Waals surface area contributed by atoms with Crippen molar-refractivity contribution >= 4 is 27.2 Å². The average molecular weight is 308 g/mol. The number of aromatic nitrogens is 1. The van der Waals surface area contributed by atoms with Crippen molar-refractivity contribution in [3.63, 3.8) is 0 Å². The van der Waals surface area contributed by atoms with Crippen molar-refractivity contribution < 1.29 is 13.2 Å². The number of rotatable bonds is 3. The molecule has 1 unspecified atom stereocenters. The second-order valence-corrected chi connectivity index (χ2v) is 5.69. The highest BCUT2D eigenvalue weighted by atomic mass is 32.1. The topological polar surface area (TPSA) is 24.9 Å². The monoisotopic (exact) mass is 308 g/mol. The third-order valence-electron chi connectivity index (χ3n) is 3.05. The maximum absolute atomic E-state index is 13.6. The third kappa shape index (κ3) is 2.71. The van der Waals surface area contributed by atoms with Crippen LogP contribution in [0.2, 0.25) is 0 Å². The summed E-state index contributed by atoms with van der Waals surface area (Å²) in [7, 11) is 0. The SMILES string of the molecule is CC(Nc1c(F)cc(F)cc1F)c1nc2ccccc2s1. The summed E-state index contributed by atoms with van der Waals surface area (Å²) < 4.78 is 41.2. The van der Waals surface area contributed by atoms with Gasteiger partial charge >= 0.3 is 0 Å². The van der Waals surface area contributed by atoms with Crippen molar-refractivity contribution in [3.8, 4) is 0 Å². The maximum atomic E-state index is 13.6. The van der Waals surface area contributed by atoms with Crippen molar-refractivity contribution in [1.29, 1.82) is 0 Å². The van der Waals surface area contributed by atoms with E-state index >= 15 is 0 Å². The summed E-state index contributed by atoms with van der Waals surface area (Å²) in [5.74, 6) is -2.86. The zero-order valence-electron chi connectivity index (χ0n) is 11.0. The Balaban J connectivity index is 1.91. The average Bonchev–Trinajstić information content (AvgIpc) is 2.86. The van der Waals surface area contributed by atoms with Gasteiger partial charge in [0.25, 0.3) is 0 Å². The van der Waals surface area contributed by atoms with Gasteiger partial charge < -0.3 is 5.32 Å². The van der Waals surface area contributed by atoms with Gasteiger partial charge in [0.05, 0.1) is 16.3 Å². The molecule has 3 aromatic rings. The van der Waals surface area contributed by atoms with Crippen molar-refractivity contribution in [1.82, 2.24) is 4.98 Å². The van der Waals surface area contributed by atoms with Crippen LogP contribution in [-0.2, 0) is 0 Å². The van der Waals surface area contributed by atoms with Crippen LogP contribution in [0.5, 0.6) is 0 Å². The van der Waals surface area contributed by atoms with Crippen molar-refractivity contribution in [2.45, 2.75) is 13.0 Å². The van der Waals surface area contributed by atoms with Gasteiger partial charge in [-0.15, -0.1) is 11.3 Å². The maximum Gasteiger partial charge on any atom is 0.152 e. The van der Waals surface area contributed by atoms with Crippen LogP contribution in [0.15, 0.2) is 36.4 Å². The Kier molecular flexibility index (Phi) is 3.55. The van der Waals surface area contributed by atoms with Crippen molar-refractivity contribution in [2.75, 3.05) is 5.32 Å². The number of halogens is 3. The van der Waals surface area contributed by atoms with Crippen LogP contribution in [-0.4, -0.2) is 4.98 Å². The molecule has 0 aliphatic rings. The first kappa shape index (κ1) is 13.9. The van der Waals surface area contributed by atoms with E-state index in [0.717, 1.165) is 10.2 Å². The van der Waals surface area contributed by atoms with E-state index in [4.69, 9.17) is 0 Å². The Labute approximate surface area is 123 Å².